The van der Waals surface area contributed by atoms with Gasteiger partial charge in [0.15, 0.2) is 17.4 Å². The Kier molecular flexibility index (Phi) is 7.66. The molecule has 0 bridgehead atoms. The Bertz CT molecular complexity index is 1300. The van der Waals surface area contributed by atoms with Gasteiger partial charge in [0.05, 0.1) is 6.61 Å². The third kappa shape index (κ3) is 5.80. The normalized spacial score (nSPS) is 11.4. The molecule has 0 amide bonds. The lowest BCUT2D eigenvalue weighted by Crippen LogP contribution is -2.06. The highest BCUT2D eigenvalue weighted by Crippen LogP contribution is 2.29. The Morgan fingerprint density at radius 3 is 2.06 bits per heavy atom. The molecule has 4 rings (SSSR count). The summed E-state index contributed by atoms with van der Waals surface area (Å²) in [5.74, 6) is -3.97. The second-order valence-corrected chi connectivity index (χ2v) is 8.18. The number of hydrogen-bond donors (Lipinski definition) is 0. The number of hydrogen-bond acceptors (Lipinski definition) is 2. The van der Waals surface area contributed by atoms with Crippen molar-refractivity contribution in [2.45, 2.75) is 25.9 Å². The second kappa shape index (κ2) is 10.9. The Morgan fingerprint density at radius 2 is 1.40 bits per heavy atom. The lowest BCUT2D eigenvalue weighted by molar-refractivity contribution is -0.0546. The van der Waals surface area contributed by atoms with Crippen molar-refractivity contribution in [2.75, 3.05) is 13.7 Å². The van der Waals surface area contributed by atoms with E-state index in [1.54, 1.807) is 19.2 Å². The molecule has 0 aliphatic carbocycles. The lowest BCUT2D eigenvalue weighted by Gasteiger charge is -2.11. The second-order valence-electron chi connectivity index (χ2n) is 8.18. The maximum atomic E-state index is 15.2. The molecule has 7 heteroatoms. The first-order valence-electron chi connectivity index (χ1n) is 11.1. The Balaban J connectivity index is 1.51. The van der Waals surface area contributed by atoms with Crippen molar-refractivity contribution < 1.29 is 31.4 Å². The molecule has 4 aromatic carbocycles. The van der Waals surface area contributed by atoms with Gasteiger partial charge >= 0.3 is 6.61 Å². The van der Waals surface area contributed by atoms with Crippen LogP contribution in [0.4, 0.5) is 22.0 Å². The van der Waals surface area contributed by atoms with Crippen LogP contribution < -0.4 is 4.74 Å². The van der Waals surface area contributed by atoms with Gasteiger partial charge in [-0.2, -0.15) is 8.78 Å². The minimum Gasteiger partial charge on any atom is -0.429 e. The number of benzene rings is 4. The Morgan fingerprint density at radius 1 is 0.714 bits per heavy atom. The lowest BCUT2D eigenvalue weighted by atomic mass is 9.96. The van der Waals surface area contributed by atoms with Gasteiger partial charge in [0.25, 0.3) is 0 Å². The van der Waals surface area contributed by atoms with E-state index in [0.29, 0.717) is 17.6 Å². The molecule has 0 atom stereocenters. The summed E-state index contributed by atoms with van der Waals surface area (Å²) in [6.45, 7) is -2.68. The SMILES string of the molecule is COCCc1ccc(-c2ccc3c(F)c(CCc4cc(F)c(OC(F)F)c(F)c4)ccc3c2)cc1. The molecule has 0 radical (unpaired) electrons. The van der Waals surface area contributed by atoms with E-state index < -0.39 is 29.8 Å². The highest BCUT2D eigenvalue weighted by atomic mass is 19.3. The summed E-state index contributed by atoms with van der Waals surface area (Å²) in [5.41, 5.74) is 3.75. The van der Waals surface area contributed by atoms with Crippen molar-refractivity contribution >= 4 is 10.8 Å². The van der Waals surface area contributed by atoms with Gasteiger partial charge in [-0.15, -0.1) is 0 Å². The smallest absolute Gasteiger partial charge is 0.387 e. The monoisotopic (exact) mass is 486 g/mol. The molecule has 35 heavy (non-hydrogen) atoms. The summed E-state index contributed by atoms with van der Waals surface area (Å²) in [5, 5.41) is 1.18. The number of ether oxygens (including phenoxy) is 2. The van der Waals surface area contributed by atoms with Crippen LogP contribution in [0.25, 0.3) is 21.9 Å². The predicted molar refractivity (Wildman–Crippen MR) is 125 cm³/mol. The largest absolute Gasteiger partial charge is 0.429 e. The van der Waals surface area contributed by atoms with Crippen molar-refractivity contribution in [3.05, 3.63) is 101 Å². The van der Waals surface area contributed by atoms with Crippen LogP contribution in [0.1, 0.15) is 16.7 Å². The molecule has 0 aromatic heterocycles. The number of aryl methyl sites for hydroxylation is 2. The van der Waals surface area contributed by atoms with Gasteiger partial charge in [-0.3, -0.25) is 0 Å². The van der Waals surface area contributed by atoms with Crippen LogP contribution in [0.15, 0.2) is 66.7 Å². The predicted octanol–water partition coefficient (Wildman–Crippen LogP) is 7.50. The minimum absolute atomic E-state index is 0.124. The summed E-state index contributed by atoms with van der Waals surface area (Å²) in [6.07, 6.45) is 1.13. The fraction of sp³-hybridized carbons (Fsp3) is 0.214. The number of fused-ring (bicyclic) bond motifs is 1. The van der Waals surface area contributed by atoms with Gasteiger partial charge in [-0.1, -0.05) is 48.5 Å². The summed E-state index contributed by atoms with van der Waals surface area (Å²) >= 11 is 0. The minimum atomic E-state index is -3.34. The number of methoxy groups -OCH3 is 1. The Labute approximate surface area is 199 Å². The average molecular weight is 486 g/mol. The molecule has 0 saturated heterocycles. The van der Waals surface area contributed by atoms with E-state index in [2.05, 4.69) is 4.74 Å². The number of rotatable bonds is 9. The van der Waals surface area contributed by atoms with Crippen LogP contribution >= 0.6 is 0 Å². The molecule has 0 spiro atoms. The van der Waals surface area contributed by atoms with Crippen LogP contribution in [-0.2, 0) is 24.0 Å². The van der Waals surface area contributed by atoms with Crippen LogP contribution in [0.5, 0.6) is 5.75 Å². The zero-order valence-electron chi connectivity index (χ0n) is 19.0. The topological polar surface area (TPSA) is 18.5 Å². The third-order valence-electron chi connectivity index (χ3n) is 5.86. The van der Waals surface area contributed by atoms with Gasteiger partial charge in [0, 0.05) is 12.5 Å². The molecular formula is C28H23F5O2. The molecule has 0 saturated carbocycles. The quantitative estimate of drug-likeness (QED) is 0.228. The van der Waals surface area contributed by atoms with E-state index in [0.717, 1.165) is 35.1 Å². The summed E-state index contributed by atoms with van der Waals surface area (Å²) in [4.78, 5) is 0. The van der Waals surface area contributed by atoms with Gasteiger partial charge < -0.3 is 9.47 Å². The zero-order valence-corrected chi connectivity index (χ0v) is 19.0. The number of halogens is 5. The maximum absolute atomic E-state index is 15.2. The third-order valence-corrected chi connectivity index (χ3v) is 5.86. The first-order chi connectivity index (χ1) is 16.9. The summed E-state index contributed by atoms with van der Waals surface area (Å²) in [6, 6.07) is 18.9. The fourth-order valence-electron chi connectivity index (χ4n) is 4.03. The van der Waals surface area contributed by atoms with Crippen molar-refractivity contribution in [3.63, 3.8) is 0 Å². The molecule has 0 heterocycles. The molecular weight excluding hydrogens is 463 g/mol. The fourth-order valence-corrected chi connectivity index (χ4v) is 4.03. The van der Waals surface area contributed by atoms with Crippen LogP contribution in [0, 0.1) is 17.5 Å². The Hall–Kier alpha value is -3.45. The van der Waals surface area contributed by atoms with E-state index in [9.17, 15) is 17.6 Å². The molecule has 182 valence electrons. The average Bonchev–Trinajstić information content (AvgIpc) is 2.84. The van der Waals surface area contributed by atoms with Crippen molar-refractivity contribution in [3.8, 4) is 16.9 Å². The molecule has 0 aliphatic rings. The standard InChI is InChI=1S/C28H23F5O2/c1-34-13-12-17-2-5-19(6-3-17)21-10-11-23-22(16-21)9-8-20(26(23)31)7-4-18-14-24(29)27(25(30)15-18)35-28(32)33/h2-3,5-6,8-11,14-16,28H,4,7,12-13H2,1H3. The van der Waals surface area contributed by atoms with E-state index in [-0.39, 0.29) is 18.4 Å². The van der Waals surface area contributed by atoms with E-state index in [4.69, 9.17) is 4.74 Å². The maximum Gasteiger partial charge on any atom is 0.387 e. The first-order valence-corrected chi connectivity index (χ1v) is 11.1. The van der Waals surface area contributed by atoms with E-state index in [1.807, 2.05) is 42.5 Å². The molecule has 2 nitrogen and oxygen atoms in total. The van der Waals surface area contributed by atoms with Gasteiger partial charge in [-0.25, -0.2) is 13.2 Å². The highest BCUT2D eigenvalue weighted by Gasteiger charge is 2.17. The molecule has 0 fully saturated rings. The van der Waals surface area contributed by atoms with Crippen molar-refractivity contribution in [1.29, 1.82) is 0 Å². The van der Waals surface area contributed by atoms with Gasteiger partial charge in [0.1, 0.15) is 5.82 Å². The first kappa shape index (κ1) is 24.7. The van der Waals surface area contributed by atoms with Crippen LogP contribution in [0.2, 0.25) is 0 Å². The summed E-state index contributed by atoms with van der Waals surface area (Å²) < 4.78 is 76.7. The van der Waals surface area contributed by atoms with Gasteiger partial charge in [-0.05, 0) is 70.7 Å². The summed E-state index contributed by atoms with van der Waals surface area (Å²) in [7, 11) is 1.67. The van der Waals surface area contributed by atoms with Crippen molar-refractivity contribution in [1.82, 2.24) is 0 Å². The molecule has 0 unspecified atom stereocenters. The van der Waals surface area contributed by atoms with Crippen LogP contribution in [-0.4, -0.2) is 20.3 Å². The molecule has 4 aromatic rings. The zero-order chi connectivity index (χ0) is 24.9. The highest BCUT2D eigenvalue weighted by molar-refractivity contribution is 5.88. The van der Waals surface area contributed by atoms with E-state index in [1.165, 1.54) is 5.56 Å². The molecule has 0 aliphatic heterocycles. The van der Waals surface area contributed by atoms with Crippen LogP contribution in [0.3, 0.4) is 0 Å². The van der Waals surface area contributed by atoms with Gasteiger partial charge in [0.2, 0.25) is 0 Å². The number of alkyl halides is 2. The molecule has 0 N–H and O–H groups in total. The van der Waals surface area contributed by atoms with Crippen molar-refractivity contribution in [2.24, 2.45) is 0 Å². The van der Waals surface area contributed by atoms with E-state index >= 15 is 4.39 Å².